The van der Waals surface area contributed by atoms with Gasteiger partial charge in [-0.2, -0.15) is 5.26 Å². The van der Waals surface area contributed by atoms with E-state index < -0.39 is 17.9 Å². The number of amides is 1. The van der Waals surface area contributed by atoms with Gasteiger partial charge in [0.25, 0.3) is 0 Å². The smallest absolute Gasteiger partial charge is 0.548 e. The van der Waals surface area contributed by atoms with Gasteiger partial charge in [0.15, 0.2) is 0 Å². The van der Waals surface area contributed by atoms with E-state index in [1.54, 1.807) is 61.5 Å². The molecule has 1 atom stereocenters. The number of rotatable bonds is 6. The molecule has 2 rings (SSSR count). The van der Waals surface area contributed by atoms with Crippen LogP contribution in [0.5, 0.6) is 0 Å². The second-order valence-electron chi connectivity index (χ2n) is 5.31. The average Bonchev–Trinajstić information content (AvgIpc) is 2.60. The number of carbonyl (C=O) groups excluding carboxylic acids is 2. The molecule has 6 nitrogen and oxygen atoms in total. The maximum Gasteiger partial charge on any atom is 1.00 e. The van der Waals surface area contributed by atoms with E-state index in [-0.39, 0.29) is 51.4 Å². The summed E-state index contributed by atoms with van der Waals surface area (Å²) in [4.78, 5) is 23.4. The molecule has 0 radical (unpaired) electrons. The van der Waals surface area contributed by atoms with Crippen molar-refractivity contribution in [2.75, 3.05) is 5.32 Å². The van der Waals surface area contributed by atoms with E-state index in [4.69, 9.17) is 5.26 Å². The van der Waals surface area contributed by atoms with Crippen LogP contribution in [0.25, 0.3) is 0 Å². The zero-order valence-corrected chi connectivity index (χ0v) is 17.6. The number of hydrogen-bond donors (Lipinski definition) is 2. The van der Waals surface area contributed by atoms with Gasteiger partial charge in [-0.1, -0.05) is 30.3 Å². The number of nitrogens with one attached hydrogen (secondary N) is 2. The summed E-state index contributed by atoms with van der Waals surface area (Å²) in [7, 11) is 0. The first kappa shape index (κ1) is 22.1. The average molecular weight is 373 g/mol. The zero-order valence-electron chi connectivity index (χ0n) is 14.5. The molecule has 0 bridgehead atoms. The van der Waals surface area contributed by atoms with E-state index in [0.29, 0.717) is 22.5 Å². The fourth-order valence-electron chi connectivity index (χ4n) is 2.20. The van der Waals surface area contributed by atoms with Crippen LogP contribution < -0.4 is 67.1 Å². The van der Waals surface area contributed by atoms with Crippen LogP contribution in [0.4, 0.5) is 5.69 Å². The molecule has 0 saturated heterocycles. The van der Waals surface area contributed by atoms with Crippen molar-refractivity contribution in [2.24, 2.45) is 0 Å². The van der Waals surface area contributed by atoms with Crippen molar-refractivity contribution in [1.82, 2.24) is 5.32 Å². The Kier molecular flexibility index (Phi) is 9.27. The third kappa shape index (κ3) is 6.75. The summed E-state index contributed by atoms with van der Waals surface area (Å²) in [5.41, 5.74) is 1.94. The molecule has 0 unspecified atom stereocenters. The number of carboxylic acids is 1. The number of nitrogens with zero attached hydrogens (tertiary/aromatic N) is 1. The Morgan fingerprint density at radius 1 is 1.12 bits per heavy atom. The third-order valence-electron chi connectivity index (χ3n) is 3.37. The molecule has 126 valence electrons. The number of anilines is 1. The first-order chi connectivity index (χ1) is 12.0. The quantitative estimate of drug-likeness (QED) is 0.473. The van der Waals surface area contributed by atoms with Crippen LogP contribution >= 0.6 is 0 Å². The second-order valence-corrected chi connectivity index (χ2v) is 5.31. The molecule has 2 aromatic rings. The molecule has 1 amide bonds. The van der Waals surface area contributed by atoms with Crippen molar-refractivity contribution in [3.8, 4) is 6.07 Å². The molecule has 0 saturated carbocycles. The SMILES string of the molecule is CC(=CC(=O)Nc1ccc(C#N)cc1)N[C@@H](C(=O)[O-])c1ccccc1.[K+]. The molecule has 0 fully saturated rings. The molecule has 0 spiro atoms. The zero-order chi connectivity index (χ0) is 18.2. The molecular formula is C19H16KN3O3. The van der Waals surface area contributed by atoms with Gasteiger partial charge >= 0.3 is 51.4 Å². The molecule has 0 aliphatic carbocycles. The minimum atomic E-state index is -1.29. The van der Waals surface area contributed by atoms with Crippen molar-refractivity contribution < 1.29 is 66.1 Å². The van der Waals surface area contributed by atoms with Crippen LogP contribution in [-0.2, 0) is 9.59 Å². The van der Waals surface area contributed by atoms with Crippen LogP contribution in [0.2, 0.25) is 0 Å². The largest absolute Gasteiger partial charge is 1.00 e. The standard InChI is InChI=1S/C19H17N3O3.K/c1-13(21-18(19(24)25)15-5-3-2-4-6-15)11-17(23)22-16-9-7-14(12-20)8-10-16;/h2-11,18,21H,1H3,(H,22,23)(H,24,25);/q;+1/p-1/t18-;/m1./s1. The number of carboxylic acid groups (broad SMARTS) is 1. The van der Waals surface area contributed by atoms with Crippen LogP contribution in [0.15, 0.2) is 66.4 Å². The predicted octanol–water partition coefficient (Wildman–Crippen LogP) is -1.51. The van der Waals surface area contributed by atoms with E-state index in [1.165, 1.54) is 6.08 Å². The molecule has 7 heteroatoms. The second kappa shape index (κ2) is 10.9. The Morgan fingerprint density at radius 2 is 1.73 bits per heavy atom. The molecule has 0 aliphatic heterocycles. The number of carbonyl (C=O) groups is 2. The van der Waals surface area contributed by atoms with Gasteiger partial charge in [0, 0.05) is 17.5 Å². The van der Waals surface area contributed by atoms with Crippen LogP contribution in [0, 0.1) is 11.3 Å². The number of benzene rings is 2. The Labute approximate surface area is 194 Å². The monoisotopic (exact) mass is 373 g/mol. The minimum absolute atomic E-state index is 0. The third-order valence-corrected chi connectivity index (χ3v) is 3.37. The van der Waals surface area contributed by atoms with Crippen LogP contribution in [0.3, 0.4) is 0 Å². The number of aliphatic carboxylic acids is 1. The molecule has 0 aromatic heterocycles. The van der Waals surface area contributed by atoms with E-state index >= 15 is 0 Å². The van der Waals surface area contributed by atoms with Crippen molar-refractivity contribution >= 4 is 17.6 Å². The molecule has 2 aromatic carbocycles. The van der Waals surface area contributed by atoms with Gasteiger partial charge in [0.05, 0.1) is 23.6 Å². The minimum Gasteiger partial charge on any atom is -0.548 e. The van der Waals surface area contributed by atoms with E-state index in [0.717, 1.165) is 0 Å². The molecule has 26 heavy (non-hydrogen) atoms. The Balaban J connectivity index is 0.00000338. The van der Waals surface area contributed by atoms with Gasteiger partial charge in [-0.25, -0.2) is 0 Å². The summed E-state index contributed by atoms with van der Waals surface area (Å²) in [6.45, 7) is 1.59. The van der Waals surface area contributed by atoms with Gasteiger partial charge in [-0.3, -0.25) is 4.79 Å². The number of nitriles is 1. The number of allylic oxidation sites excluding steroid dienone is 1. The Hall–Kier alpha value is -1.95. The van der Waals surface area contributed by atoms with Gasteiger partial charge in [0.1, 0.15) is 0 Å². The fourth-order valence-corrected chi connectivity index (χ4v) is 2.20. The molecule has 0 heterocycles. The summed E-state index contributed by atoms with van der Waals surface area (Å²) in [6, 6.07) is 15.9. The van der Waals surface area contributed by atoms with Gasteiger partial charge in [-0.05, 0) is 36.8 Å². The summed E-state index contributed by atoms with van der Waals surface area (Å²) in [5, 5.41) is 25.5. The van der Waals surface area contributed by atoms with Crippen molar-refractivity contribution in [3.63, 3.8) is 0 Å². The maximum absolute atomic E-state index is 12.0. The Bertz CT molecular complexity index is 827. The Morgan fingerprint density at radius 3 is 2.27 bits per heavy atom. The maximum atomic E-state index is 12.0. The number of hydrogen-bond acceptors (Lipinski definition) is 5. The molecule has 2 N–H and O–H groups in total. The summed E-state index contributed by atoms with van der Waals surface area (Å²) < 4.78 is 0. The van der Waals surface area contributed by atoms with Crippen molar-refractivity contribution in [3.05, 3.63) is 77.5 Å². The fraction of sp³-hybridized carbons (Fsp3) is 0.105. The first-order valence-corrected chi connectivity index (χ1v) is 7.51. The topological polar surface area (TPSA) is 105 Å². The van der Waals surface area contributed by atoms with Gasteiger partial charge < -0.3 is 20.5 Å². The predicted molar refractivity (Wildman–Crippen MR) is 90.9 cm³/mol. The van der Waals surface area contributed by atoms with Crippen molar-refractivity contribution in [2.45, 2.75) is 13.0 Å². The van der Waals surface area contributed by atoms with Gasteiger partial charge in [0.2, 0.25) is 5.91 Å². The van der Waals surface area contributed by atoms with Crippen LogP contribution in [0.1, 0.15) is 24.1 Å². The first-order valence-electron chi connectivity index (χ1n) is 7.51. The van der Waals surface area contributed by atoms with E-state index in [2.05, 4.69) is 10.6 Å². The van der Waals surface area contributed by atoms with Gasteiger partial charge in [-0.15, -0.1) is 0 Å². The van der Waals surface area contributed by atoms with Crippen LogP contribution in [-0.4, -0.2) is 11.9 Å². The summed E-state index contributed by atoms with van der Waals surface area (Å²) in [6.07, 6.45) is 1.26. The molecular weight excluding hydrogens is 357 g/mol. The van der Waals surface area contributed by atoms with Crippen molar-refractivity contribution in [1.29, 1.82) is 5.26 Å². The summed E-state index contributed by atoms with van der Waals surface area (Å²) in [5.74, 6) is -1.70. The normalized spacial score (nSPS) is 11.5. The van der Waals surface area contributed by atoms with E-state index in [1.807, 2.05) is 6.07 Å². The molecule has 0 aliphatic rings. The van der Waals surface area contributed by atoms with E-state index in [9.17, 15) is 14.7 Å². The summed E-state index contributed by atoms with van der Waals surface area (Å²) >= 11 is 0.